The van der Waals surface area contributed by atoms with Crippen LogP contribution in [0.3, 0.4) is 0 Å². The molecule has 0 aromatic heterocycles. The van der Waals surface area contributed by atoms with E-state index in [0.717, 1.165) is 42.6 Å². The maximum Gasteiger partial charge on any atom is 0.254 e. The lowest BCUT2D eigenvalue weighted by Gasteiger charge is -2.36. The summed E-state index contributed by atoms with van der Waals surface area (Å²) in [5.74, 6) is 1.25. The second-order valence-corrected chi connectivity index (χ2v) is 11.4. The lowest BCUT2D eigenvalue weighted by molar-refractivity contribution is 0.0677. The summed E-state index contributed by atoms with van der Waals surface area (Å²) in [7, 11) is -3.76. The first-order valence-electron chi connectivity index (χ1n) is 11.9. The van der Waals surface area contributed by atoms with E-state index >= 15 is 0 Å². The number of sulfonamides is 1. The van der Waals surface area contributed by atoms with Gasteiger partial charge in [0.05, 0.1) is 24.3 Å². The maximum absolute atomic E-state index is 13.5. The summed E-state index contributed by atoms with van der Waals surface area (Å²) < 4.78 is 39.6. The number of carbonyl (C=O) groups excluding carboxylic acids is 1. The molecule has 3 aliphatic heterocycles. The molecule has 182 valence electrons. The van der Waals surface area contributed by atoms with Crippen molar-refractivity contribution < 1.29 is 22.7 Å². The molecule has 3 heterocycles. The molecule has 0 N–H and O–H groups in total. The number of nitrogens with zero attached hydrogens (tertiary/aromatic N) is 2. The molecule has 2 aromatic carbocycles. The molecule has 0 unspecified atom stereocenters. The highest BCUT2D eigenvalue weighted by Crippen LogP contribution is 2.40. The van der Waals surface area contributed by atoms with E-state index < -0.39 is 10.0 Å². The van der Waals surface area contributed by atoms with E-state index in [4.69, 9.17) is 21.1 Å². The van der Waals surface area contributed by atoms with Gasteiger partial charge in [-0.05, 0) is 67.6 Å². The molecule has 34 heavy (non-hydrogen) atoms. The Morgan fingerprint density at radius 2 is 1.68 bits per heavy atom. The van der Waals surface area contributed by atoms with Crippen molar-refractivity contribution in [3.05, 3.63) is 52.0 Å². The molecule has 0 spiro atoms. The molecule has 3 aliphatic rings. The first-order chi connectivity index (χ1) is 16.4. The monoisotopic (exact) mass is 504 g/mol. The van der Waals surface area contributed by atoms with Crippen LogP contribution in [0.15, 0.2) is 35.2 Å². The molecule has 1 amide bonds. The van der Waals surface area contributed by atoms with Gasteiger partial charge in [-0.2, -0.15) is 4.31 Å². The lowest BCUT2D eigenvalue weighted by Crippen LogP contribution is -2.39. The summed E-state index contributed by atoms with van der Waals surface area (Å²) >= 11 is 6.31. The number of ether oxygens (including phenoxy) is 2. The molecule has 0 bridgehead atoms. The lowest BCUT2D eigenvalue weighted by atomic mass is 9.92. The van der Waals surface area contributed by atoms with Crippen LogP contribution in [0, 0.1) is 0 Å². The van der Waals surface area contributed by atoms with Crippen LogP contribution in [0.1, 0.15) is 60.1 Å². The quantitative estimate of drug-likeness (QED) is 0.618. The number of halogens is 1. The predicted molar refractivity (Wildman–Crippen MR) is 129 cm³/mol. The molecule has 2 aromatic rings. The van der Waals surface area contributed by atoms with Crippen LogP contribution < -0.4 is 9.47 Å². The van der Waals surface area contributed by atoms with Gasteiger partial charge < -0.3 is 14.4 Å². The van der Waals surface area contributed by atoms with Gasteiger partial charge >= 0.3 is 0 Å². The summed E-state index contributed by atoms with van der Waals surface area (Å²) in [6.07, 6.45) is 4.21. The van der Waals surface area contributed by atoms with Crippen LogP contribution in [0.25, 0.3) is 0 Å². The van der Waals surface area contributed by atoms with E-state index in [1.165, 1.54) is 16.4 Å². The van der Waals surface area contributed by atoms with E-state index in [-0.39, 0.29) is 21.9 Å². The smallest absolute Gasteiger partial charge is 0.254 e. The van der Waals surface area contributed by atoms with Crippen LogP contribution in [0.4, 0.5) is 0 Å². The minimum Gasteiger partial charge on any atom is -0.490 e. The van der Waals surface area contributed by atoms with Gasteiger partial charge in [0, 0.05) is 31.6 Å². The summed E-state index contributed by atoms with van der Waals surface area (Å²) in [6.45, 7) is 4.71. The first-order valence-corrected chi connectivity index (χ1v) is 13.7. The van der Waals surface area contributed by atoms with Gasteiger partial charge in [-0.25, -0.2) is 8.42 Å². The number of hydrogen-bond donors (Lipinski definition) is 0. The van der Waals surface area contributed by atoms with Gasteiger partial charge in [-0.1, -0.05) is 18.0 Å². The molecule has 5 rings (SSSR count). The topological polar surface area (TPSA) is 76.2 Å². The van der Waals surface area contributed by atoms with E-state index in [0.29, 0.717) is 50.6 Å². The van der Waals surface area contributed by atoms with Crippen molar-refractivity contribution in [2.24, 2.45) is 0 Å². The van der Waals surface area contributed by atoms with Crippen molar-refractivity contribution in [3.8, 4) is 11.5 Å². The molecular weight excluding hydrogens is 476 g/mol. The highest BCUT2D eigenvalue weighted by molar-refractivity contribution is 7.89. The number of benzene rings is 2. The fourth-order valence-corrected chi connectivity index (χ4v) is 7.01. The van der Waals surface area contributed by atoms with Gasteiger partial charge in [0.25, 0.3) is 5.91 Å². The summed E-state index contributed by atoms with van der Waals surface area (Å²) in [5, 5.41) is 0.138. The van der Waals surface area contributed by atoms with Crippen molar-refractivity contribution in [1.29, 1.82) is 0 Å². The average molecular weight is 505 g/mol. The largest absolute Gasteiger partial charge is 0.490 e. The first kappa shape index (κ1) is 23.5. The molecule has 0 aliphatic carbocycles. The Morgan fingerprint density at radius 1 is 0.971 bits per heavy atom. The van der Waals surface area contributed by atoms with Gasteiger partial charge in [0.2, 0.25) is 10.0 Å². The fourth-order valence-electron chi connectivity index (χ4n) is 5.00. The van der Waals surface area contributed by atoms with Crippen LogP contribution >= 0.6 is 11.6 Å². The third-order valence-electron chi connectivity index (χ3n) is 6.92. The minimum absolute atomic E-state index is 0.00264. The zero-order chi connectivity index (χ0) is 23.9. The summed E-state index contributed by atoms with van der Waals surface area (Å²) in [5.41, 5.74) is 2.49. The second kappa shape index (κ2) is 9.40. The Kier molecular flexibility index (Phi) is 6.48. The number of hydrogen-bond acceptors (Lipinski definition) is 5. The standard InChI is InChI=1S/C25H29ClN2O5S/c1-17-20-16-23-22(32-12-5-13-33-23)14-18(20)8-11-28(17)25(29)19-6-7-21(26)24(15-19)34(30,31)27-9-3-2-4-10-27/h6-7,14-17H,2-5,8-13H2,1H3/t17-/m1/s1. The number of carbonyl (C=O) groups is 1. The van der Waals surface area contributed by atoms with E-state index in [9.17, 15) is 13.2 Å². The Hall–Kier alpha value is -2.29. The SMILES string of the molecule is C[C@@H]1c2cc3c(cc2CCN1C(=O)c1ccc(Cl)c(S(=O)(=O)N2CCCCC2)c1)OCCCO3. The minimum atomic E-state index is -3.76. The average Bonchev–Trinajstić information content (AvgIpc) is 3.08. The molecule has 9 heteroatoms. The van der Waals surface area contributed by atoms with E-state index in [1.807, 2.05) is 19.1 Å². The number of piperidine rings is 1. The zero-order valence-electron chi connectivity index (χ0n) is 19.3. The normalized spacial score (nSPS) is 21.0. The van der Waals surface area contributed by atoms with E-state index in [2.05, 4.69) is 0 Å². The molecule has 0 saturated carbocycles. The van der Waals surface area contributed by atoms with Crippen LogP contribution in [-0.4, -0.2) is 56.4 Å². The highest BCUT2D eigenvalue weighted by Gasteiger charge is 2.33. The second-order valence-electron chi connectivity index (χ2n) is 9.08. The number of fused-ring (bicyclic) bond motifs is 2. The number of rotatable bonds is 3. The van der Waals surface area contributed by atoms with Gasteiger partial charge in [0.15, 0.2) is 11.5 Å². The Balaban J connectivity index is 1.43. The van der Waals surface area contributed by atoms with Gasteiger partial charge in [-0.15, -0.1) is 0 Å². The Morgan fingerprint density at radius 3 is 2.41 bits per heavy atom. The Bertz CT molecular complexity index is 1210. The molecule has 0 radical (unpaired) electrons. The highest BCUT2D eigenvalue weighted by atomic mass is 35.5. The number of amides is 1. The van der Waals surface area contributed by atoms with Crippen LogP contribution in [0.5, 0.6) is 11.5 Å². The van der Waals surface area contributed by atoms with Crippen molar-refractivity contribution in [1.82, 2.24) is 9.21 Å². The third kappa shape index (κ3) is 4.27. The fraction of sp³-hybridized carbons (Fsp3) is 0.480. The molecule has 1 fully saturated rings. The van der Waals surface area contributed by atoms with Crippen molar-refractivity contribution in [3.63, 3.8) is 0 Å². The van der Waals surface area contributed by atoms with Gasteiger partial charge in [0.1, 0.15) is 4.90 Å². The van der Waals surface area contributed by atoms with Gasteiger partial charge in [-0.3, -0.25) is 4.79 Å². The van der Waals surface area contributed by atoms with Crippen LogP contribution in [0.2, 0.25) is 5.02 Å². The maximum atomic E-state index is 13.5. The van der Waals surface area contributed by atoms with Crippen LogP contribution in [-0.2, 0) is 16.4 Å². The molecule has 1 atom stereocenters. The van der Waals surface area contributed by atoms with Crippen molar-refractivity contribution >= 4 is 27.5 Å². The molecule has 7 nitrogen and oxygen atoms in total. The predicted octanol–water partition coefficient (Wildman–Crippen LogP) is 4.44. The van der Waals surface area contributed by atoms with Crippen molar-refractivity contribution in [2.75, 3.05) is 32.8 Å². The molecular formula is C25H29ClN2O5S. The molecule has 1 saturated heterocycles. The van der Waals surface area contributed by atoms with Crippen molar-refractivity contribution in [2.45, 2.75) is 50.0 Å². The third-order valence-corrected chi connectivity index (χ3v) is 9.30. The van der Waals surface area contributed by atoms with E-state index in [1.54, 1.807) is 11.0 Å². The zero-order valence-corrected chi connectivity index (χ0v) is 20.8. The Labute approximate surface area is 205 Å². The summed E-state index contributed by atoms with van der Waals surface area (Å²) in [4.78, 5) is 15.3. The summed E-state index contributed by atoms with van der Waals surface area (Å²) in [6, 6.07) is 8.38.